The van der Waals surface area contributed by atoms with Crippen LogP contribution >= 0.6 is 0 Å². The van der Waals surface area contributed by atoms with E-state index in [0.717, 1.165) is 23.7 Å². The maximum absolute atomic E-state index is 13.2. The number of halogens is 1. The van der Waals surface area contributed by atoms with Crippen molar-refractivity contribution in [1.82, 2.24) is 4.57 Å². The lowest BCUT2D eigenvalue weighted by atomic mass is 10.1. The monoisotopic (exact) mass is 220 g/mol. The summed E-state index contributed by atoms with van der Waals surface area (Å²) in [7, 11) is 1.98. The smallest absolute Gasteiger partial charge is 0.123 e. The summed E-state index contributed by atoms with van der Waals surface area (Å²) in [6, 6.07) is 5.10. The SMILES string of the molecule is C[C@@H](N)CCc1cn(C)c2ccc(F)cc12. The number of benzene rings is 1. The van der Waals surface area contributed by atoms with Crippen LogP contribution in [-0.4, -0.2) is 10.6 Å². The summed E-state index contributed by atoms with van der Waals surface area (Å²) in [6.07, 6.45) is 3.89. The Morgan fingerprint density at radius 3 is 2.88 bits per heavy atom. The topological polar surface area (TPSA) is 30.9 Å². The van der Waals surface area contributed by atoms with Crippen LogP contribution in [0.2, 0.25) is 0 Å². The molecule has 0 bridgehead atoms. The molecular formula is C13H17FN2. The molecule has 0 amide bonds. The predicted molar refractivity (Wildman–Crippen MR) is 64.8 cm³/mol. The molecule has 1 heterocycles. The van der Waals surface area contributed by atoms with Crippen LogP contribution in [0.1, 0.15) is 18.9 Å². The molecule has 2 nitrogen and oxygen atoms in total. The maximum atomic E-state index is 13.2. The molecule has 2 aromatic rings. The van der Waals surface area contributed by atoms with Crippen LogP contribution in [0.4, 0.5) is 4.39 Å². The average molecular weight is 220 g/mol. The summed E-state index contributed by atoms with van der Waals surface area (Å²) in [5.74, 6) is -0.180. The first-order valence-corrected chi connectivity index (χ1v) is 5.57. The molecule has 0 saturated heterocycles. The van der Waals surface area contributed by atoms with Crippen LogP contribution in [0.3, 0.4) is 0 Å². The van der Waals surface area contributed by atoms with E-state index in [4.69, 9.17) is 5.73 Å². The second-order valence-electron chi connectivity index (χ2n) is 4.44. The van der Waals surface area contributed by atoms with Crippen LogP contribution in [0.15, 0.2) is 24.4 Å². The standard InChI is InChI=1S/C13H17FN2/c1-9(15)3-4-10-8-16(2)13-6-5-11(14)7-12(10)13/h5-9H,3-4,15H2,1-2H3/t9-/m1/s1. The zero-order chi connectivity index (χ0) is 11.7. The van der Waals surface area contributed by atoms with Gasteiger partial charge in [-0.05, 0) is 43.5 Å². The van der Waals surface area contributed by atoms with Crippen LogP contribution in [0, 0.1) is 5.82 Å². The van der Waals surface area contributed by atoms with E-state index in [0.29, 0.717) is 0 Å². The Hall–Kier alpha value is -1.35. The van der Waals surface area contributed by atoms with Gasteiger partial charge in [0.1, 0.15) is 5.82 Å². The van der Waals surface area contributed by atoms with Gasteiger partial charge < -0.3 is 10.3 Å². The number of nitrogens with zero attached hydrogens (tertiary/aromatic N) is 1. The molecule has 0 spiro atoms. The zero-order valence-corrected chi connectivity index (χ0v) is 9.70. The zero-order valence-electron chi connectivity index (χ0n) is 9.70. The third kappa shape index (κ3) is 2.09. The van der Waals surface area contributed by atoms with Gasteiger partial charge in [-0.25, -0.2) is 4.39 Å². The van der Waals surface area contributed by atoms with Crippen LogP contribution in [0.5, 0.6) is 0 Å². The van der Waals surface area contributed by atoms with Gasteiger partial charge in [0.15, 0.2) is 0 Å². The minimum atomic E-state index is -0.180. The molecule has 3 heteroatoms. The van der Waals surface area contributed by atoms with Gasteiger partial charge >= 0.3 is 0 Å². The first kappa shape index (κ1) is 11.1. The summed E-state index contributed by atoms with van der Waals surface area (Å²) >= 11 is 0. The van der Waals surface area contributed by atoms with Crippen molar-refractivity contribution in [3.8, 4) is 0 Å². The van der Waals surface area contributed by atoms with Crippen molar-refractivity contribution in [2.45, 2.75) is 25.8 Å². The molecule has 2 N–H and O–H groups in total. The highest BCUT2D eigenvalue weighted by atomic mass is 19.1. The van der Waals surface area contributed by atoms with E-state index in [-0.39, 0.29) is 11.9 Å². The van der Waals surface area contributed by atoms with Gasteiger partial charge in [0.25, 0.3) is 0 Å². The van der Waals surface area contributed by atoms with E-state index in [1.165, 1.54) is 11.6 Å². The van der Waals surface area contributed by atoms with Gasteiger partial charge in [0, 0.05) is 30.2 Å². The lowest BCUT2D eigenvalue weighted by Crippen LogP contribution is -2.15. The Kier molecular flexibility index (Phi) is 2.97. The lowest BCUT2D eigenvalue weighted by Gasteiger charge is -2.03. The number of hydrogen-bond acceptors (Lipinski definition) is 1. The fraction of sp³-hybridized carbons (Fsp3) is 0.385. The van der Waals surface area contributed by atoms with Crippen molar-refractivity contribution in [3.63, 3.8) is 0 Å². The van der Waals surface area contributed by atoms with E-state index in [1.807, 2.05) is 24.6 Å². The maximum Gasteiger partial charge on any atom is 0.123 e. The Bertz CT molecular complexity index is 500. The van der Waals surface area contributed by atoms with Gasteiger partial charge in [0.2, 0.25) is 0 Å². The number of aryl methyl sites for hydroxylation is 2. The van der Waals surface area contributed by atoms with E-state index in [2.05, 4.69) is 6.20 Å². The van der Waals surface area contributed by atoms with Crippen molar-refractivity contribution >= 4 is 10.9 Å². The highest BCUT2D eigenvalue weighted by Crippen LogP contribution is 2.23. The van der Waals surface area contributed by atoms with Gasteiger partial charge in [-0.1, -0.05) is 0 Å². The Morgan fingerprint density at radius 1 is 1.44 bits per heavy atom. The number of hydrogen-bond donors (Lipinski definition) is 1. The molecule has 1 aromatic heterocycles. The second-order valence-corrected chi connectivity index (χ2v) is 4.44. The third-order valence-electron chi connectivity index (χ3n) is 2.90. The minimum Gasteiger partial charge on any atom is -0.350 e. The number of rotatable bonds is 3. The molecule has 0 unspecified atom stereocenters. The van der Waals surface area contributed by atoms with Gasteiger partial charge in [-0.2, -0.15) is 0 Å². The van der Waals surface area contributed by atoms with Crippen LogP contribution < -0.4 is 5.73 Å². The van der Waals surface area contributed by atoms with Gasteiger partial charge in [0.05, 0.1) is 0 Å². The summed E-state index contributed by atoms with van der Waals surface area (Å²) in [4.78, 5) is 0. The summed E-state index contributed by atoms with van der Waals surface area (Å²) in [5, 5.41) is 1.00. The summed E-state index contributed by atoms with van der Waals surface area (Å²) in [6.45, 7) is 1.99. The van der Waals surface area contributed by atoms with E-state index >= 15 is 0 Å². The number of nitrogens with two attached hydrogens (primary N) is 1. The predicted octanol–water partition coefficient (Wildman–Crippen LogP) is 2.60. The molecule has 0 saturated carbocycles. The molecular weight excluding hydrogens is 203 g/mol. The highest BCUT2D eigenvalue weighted by molar-refractivity contribution is 5.84. The molecule has 0 aliphatic rings. The fourth-order valence-electron chi connectivity index (χ4n) is 2.03. The average Bonchev–Trinajstić information content (AvgIpc) is 2.52. The molecule has 16 heavy (non-hydrogen) atoms. The fourth-order valence-corrected chi connectivity index (χ4v) is 2.03. The molecule has 1 aromatic carbocycles. The Labute approximate surface area is 94.9 Å². The third-order valence-corrected chi connectivity index (χ3v) is 2.90. The molecule has 0 radical (unpaired) electrons. The highest BCUT2D eigenvalue weighted by Gasteiger charge is 2.08. The van der Waals surface area contributed by atoms with E-state index in [9.17, 15) is 4.39 Å². The molecule has 86 valence electrons. The molecule has 0 fully saturated rings. The van der Waals surface area contributed by atoms with Crippen molar-refractivity contribution in [2.24, 2.45) is 12.8 Å². The molecule has 0 aliphatic carbocycles. The quantitative estimate of drug-likeness (QED) is 0.847. The van der Waals surface area contributed by atoms with Gasteiger partial charge in [-0.15, -0.1) is 0 Å². The normalized spacial score (nSPS) is 13.2. The Balaban J connectivity index is 2.41. The van der Waals surface area contributed by atoms with Crippen LogP contribution in [0.25, 0.3) is 10.9 Å². The summed E-state index contributed by atoms with van der Waals surface area (Å²) in [5.41, 5.74) is 7.99. The van der Waals surface area contributed by atoms with Crippen molar-refractivity contribution in [3.05, 3.63) is 35.8 Å². The summed E-state index contributed by atoms with van der Waals surface area (Å²) < 4.78 is 15.2. The lowest BCUT2D eigenvalue weighted by molar-refractivity contribution is 0.629. The molecule has 0 aliphatic heterocycles. The van der Waals surface area contributed by atoms with E-state index < -0.39 is 0 Å². The largest absolute Gasteiger partial charge is 0.350 e. The van der Waals surface area contributed by atoms with Crippen molar-refractivity contribution in [2.75, 3.05) is 0 Å². The first-order chi connectivity index (χ1) is 7.58. The van der Waals surface area contributed by atoms with Crippen molar-refractivity contribution in [1.29, 1.82) is 0 Å². The molecule has 1 atom stereocenters. The molecule has 2 rings (SSSR count). The van der Waals surface area contributed by atoms with Gasteiger partial charge in [-0.3, -0.25) is 0 Å². The van der Waals surface area contributed by atoms with E-state index in [1.54, 1.807) is 6.07 Å². The number of aromatic nitrogens is 1. The minimum absolute atomic E-state index is 0.180. The van der Waals surface area contributed by atoms with Crippen LogP contribution in [-0.2, 0) is 13.5 Å². The second kappa shape index (κ2) is 4.26. The Morgan fingerprint density at radius 2 is 2.19 bits per heavy atom. The number of fused-ring (bicyclic) bond motifs is 1. The first-order valence-electron chi connectivity index (χ1n) is 5.57. The van der Waals surface area contributed by atoms with Crippen molar-refractivity contribution < 1.29 is 4.39 Å².